The minimum Gasteiger partial charge on any atom is -0.443 e. The van der Waals surface area contributed by atoms with Crippen LogP contribution in [0.25, 0.3) is 10.9 Å². The lowest BCUT2D eigenvalue weighted by Gasteiger charge is -2.31. The standard InChI is InChI=1S/C34H33ClN4O3/c1-4-25(22-34(2,3)42-33(41)38-19-17-29(36-18-20-38)26-13-9-6-10-14-26)31-37-30-21-27(35)15-16-28(30)32(40)39(31)23-24-11-7-5-8-12-24/h5-21,25H,4,22-23H2,1-3H3. The van der Waals surface area contributed by atoms with Crippen molar-refractivity contribution < 1.29 is 9.53 Å². The van der Waals surface area contributed by atoms with Gasteiger partial charge in [0, 0.05) is 35.1 Å². The number of benzene rings is 3. The van der Waals surface area contributed by atoms with E-state index in [0.29, 0.717) is 41.1 Å². The molecule has 0 spiro atoms. The van der Waals surface area contributed by atoms with Crippen molar-refractivity contribution in [2.24, 2.45) is 4.99 Å². The predicted molar refractivity (Wildman–Crippen MR) is 168 cm³/mol. The lowest BCUT2D eigenvalue weighted by molar-refractivity contribution is 0.0156. The van der Waals surface area contributed by atoms with Crippen LogP contribution in [0, 0.1) is 0 Å². The van der Waals surface area contributed by atoms with Crippen LogP contribution in [-0.4, -0.2) is 31.9 Å². The smallest absolute Gasteiger partial charge is 0.418 e. The van der Waals surface area contributed by atoms with Crippen LogP contribution in [0.5, 0.6) is 0 Å². The van der Waals surface area contributed by atoms with Crippen molar-refractivity contribution in [1.29, 1.82) is 0 Å². The highest BCUT2D eigenvalue weighted by atomic mass is 35.5. The number of allylic oxidation sites excluding steroid dienone is 1. The molecule has 1 aromatic heterocycles. The third kappa shape index (κ3) is 6.69. The Morgan fingerprint density at radius 2 is 1.71 bits per heavy atom. The SMILES string of the molecule is CCC(CC(C)(C)OC(=O)N1C=CN=C(c2ccccc2)C=C1)c1nc2cc(Cl)ccc2c(=O)n1Cc1ccccc1. The van der Waals surface area contributed by atoms with Crippen molar-refractivity contribution in [3.05, 3.63) is 136 Å². The molecule has 1 aliphatic rings. The topological polar surface area (TPSA) is 76.8 Å². The molecule has 0 saturated heterocycles. The van der Waals surface area contributed by atoms with E-state index in [4.69, 9.17) is 21.3 Å². The Bertz CT molecular complexity index is 1730. The molecule has 5 rings (SSSR count). The van der Waals surface area contributed by atoms with Crippen LogP contribution < -0.4 is 5.56 Å². The van der Waals surface area contributed by atoms with E-state index in [1.165, 1.54) is 4.90 Å². The van der Waals surface area contributed by atoms with Crippen LogP contribution in [0.3, 0.4) is 0 Å². The largest absolute Gasteiger partial charge is 0.443 e. The Morgan fingerprint density at radius 3 is 2.43 bits per heavy atom. The second kappa shape index (κ2) is 12.6. The summed E-state index contributed by atoms with van der Waals surface area (Å²) in [5.74, 6) is 0.469. The summed E-state index contributed by atoms with van der Waals surface area (Å²) in [5, 5.41) is 1.03. The van der Waals surface area contributed by atoms with Crippen molar-refractivity contribution >= 4 is 34.3 Å². The summed E-state index contributed by atoms with van der Waals surface area (Å²) < 4.78 is 7.76. The number of carbonyl (C=O) groups excluding carboxylic acids is 1. The van der Waals surface area contributed by atoms with E-state index < -0.39 is 11.7 Å². The molecule has 2 heterocycles. The van der Waals surface area contributed by atoms with Crippen molar-refractivity contribution in [1.82, 2.24) is 14.5 Å². The molecule has 3 aromatic carbocycles. The highest BCUT2D eigenvalue weighted by molar-refractivity contribution is 6.31. The summed E-state index contributed by atoms with van der Waals surface area (Å²) in [4.78, 5) is 37.8. The molecule has 1 unspecified atom stereocenters. The zero-order chi connectivity index (χ0) is 29.7. The first-order valence-corrected chi connectivity index (χ1v) is 14.4. The van der Waals surface area contributed by atoms with Crippen LogP contribution in [0.2, 0.25) is 5.02 Å². The van der Waals surface area contributed by atoms with Gasteiger partial charge in [-0.2, -0.15) is 0 Å². The van der Waals surface area contributed by atoms with Gasteiger partial charge in [-0.3, -0.25) is 19.3 Å². The number of halogens is 1. The van der Waals surface area contributed by atoms with Gasteiger partial charge in [0.05, 0.1) is 23.2 Å². The van der Waals surface area contributed by atoms with Gasteiger partial charge in [0.2, 0.25) is 0 Å². The number of amides is 1. The second-order valence-corrected chi connectivity index (χ2v) is 11.3. The fourth-order valence-corrected chi connectivity index (χ4v) is 5.28. The highest BCUT2D eigenvalue weighted by Gasteiger charge is 2.31. The molecule has 214 valence electrons. The number of rotatable bonds is 8. The molecule has 8 heteroatoms. The maximum Gasteiger partial charge on any atom is 0.418 e. The number of ether oxygens (including phenoxy) is 1. The minimum absolute atomic E-state index is 0.127. The molecular weight excluding hydrogens is 548 g/mol. The summed E-state index contributed by atoms with van der Waals surface area (Å²) in [6.07, 6.45) is 7.21. The van der Waals surface area contributed by atoms with Gasteiger partial charge in [-0.1, -0.05) is 79.2 Å². The molecule has 0 saturated carbocycles. The van der Waals surface area contributed by atoms with Crippen LogP contribution >= 0.6 is 11.6 Å². The molecule has 0 N–H and O–H groups in total. The quantitative estimate of drug-likeness (QED) is 0.214. The van der Waals surface area contributed by atoms with E-state index in [-0.39, 0.29) is 11.5 Å². The summed E-state index contributed by atoms with van der Waals surface area (Å²) >= 11 is 6.27. The van der Waals surface area contributed by atoms with Gasteiger partial charge in [-0.25, -0.2) is 9.78 Å². The average molecular weight is 581 g/mol. The Morgan fingerprint density at radius 1 is 1.00 bits per heavy atom. The number of carbonyl (C=O) groups is 1. The van der Waals surface area contributed by atoms with Crippen molar-refractivity contribution in [3.63, 3.8) is 0 Å². The normalized spacial score (nSPS) is 14.0. The van der Waals surface area contributed by atoms with Gasteiger partial charge < -0.3 is 4.74 Å². The summed E-state index contributed by atoms with van der Waals surface area (Å²) in [5.41, 5.74) is 2.24. The Hall–Kier alpha value is -4.49. The molecule has 0 radical (unpaired) electrons. The minimum atomic E-state index is -0.868. The zero-order valence-electron chi connectivity index (χ0n) is 23.9. The van der Waals surface area contributed by atoms with E-state index in [1.807, 2.05) is 81.4 Å². The average Bonchev–Trinajstić information content (AvgIpc) is 3.25. The Kier molecular flexibility index (Phi) is 8.69. The lowest BCUT2D eigenvalue weighted by Crippen LogP contribution is -2.36. The van der Waals surface area contributed by atoms with Gasteiger partial charge >= 0.3 is 6.09 Å². The van der Waals surface area contributed by atoms with Crippen molar-refractivity contribution in [2.75, 3.05) is 0 Å². The predicted octanol–water partition coefficient (Wildman–Crippen LogP) is 7.69. The molecule has 7 nitrogen and oxygen atoms in total. The first-order valence-electron chi connectivity index (χ1n) is 14.0. The first-order chi connectivity index (χ1) is 20.2. The van der Waals surface area contributed by atoms with Crippen molar-refractivity contribution in [2.45, 2.75) is 51.7 Å². The molecule has 0 aliphatic carbocycles. The Balaban J connectivity index is 1.40. The molecule has 1 atom stereocenters. The molecule has 42 heavy (non-hydrogen) atoms. The van der Waals surface area contributed by atoms with Gasteiger partial charge in [0.15, 0.2) is 0 Å². The Labute approximate surface area is 250 Å². The molecule has 4 aromatic rings. The number of hydrogen-bond acceptors (Lipinski definition) is 5. The van der Waals surface area contributed by atoms with Crippen LogP contribution in [-0.2, 0) is 11.3 Å². The van der Waals surface area contributed by atoms with E-state index in [9.17, 15) is 9.59 Å². The van der Waals surface area contributed by atoms with Crippen LogP contribution in [0.4, 0.5) is 4.79 Å². The summed E-state index contributed by atoms with van der Waals surface area (Å²) in [6.45, 7) is 6.18. The van der Waals surface area contributed by atoms with E-state index >= 15 is 0 Å². The van der Waals surface area contributed by atoms with E-state index in [0.717, 1.165) is 16.8 Å². The van der Waals surface area contributed by atoms with Crippen molar-refractivity contribution in [3.8, 4) is 0 Å². The summed E-state index contributed by atoms with van der Waals surface area (Å²) in [7, 11) is 0. The fourth-order valence-electron chi connectivity index (χ4n) is 5.11. The lowest BCUT2D eigenvalue weighted by atomic mass is 9.90. The summed E-state index contributed by atoms with van der Waals surface area (Å²) in [6, 6.07) is 24.7. The second-order valence-electron chi connectivity index (χ2n) is 10.8. The maximum atomic E-state index is 13.8. The maximum absolute atomic E-state index is 13.8. The molecule has 1 amide bonds. The molecule has 1 aliphatic heterocycles. The number of fused-ring (bicyclic) bond motifs is 1. The monoisotopic (exact) mass is 580 g/mol. The van der Waals surface area contributed by atoms with Crippen LogP contribution in [0.1, 0.15) is 56.5 Å². The van der Waals surface area contributed by atoms with Gasteiger partial charge in [0.1, 0.15) is 11.4 Å². The van der Waals surface area contributed by atoms with E-state index in [2.05, 4.69) is 4.99 Å². The third-order valence-corrected chi connectivity index (χ3v) is 7.44. The number of aliphatic imine (C=N–C) groups is 1. The number of hydrogen-bond donors (Lipinski definition) is 0. The third-order valence-electron chi connectivity index (χ3n) is 7.20. The van der Waals surface area contributed by atoms with Gasteiger partial charge in [-0.15, -0.1) is 0 Å². The highest BCUT2D eigenvalue weighted by Crippen LogP contribution is 2.32. The zero-order valence-corrected chi connectivity index (χ0v) is 24.7. The molecule has 0 fully saturated rings. The number of aromatic nitrogens is 2. The molecule has 0 bridgehead atoms. The fraction of sp³-hybridized carbons (Fsp3) is 0.235. The first kappa shape index (κ1) is 29.0. The van der Waals surface area contributed by atoms with Gasteiger partial charge in [-0.05, 0) is 56.5 Å². The molecular formula is C34H33ClN4O3. The van der Waals surface area contributed by atoms with E-state index in [1.54, 1.807) is 47.4 Å². The van der Waals surface area contributed by atoms with Crippen LogP contribution in [0.15, 0.2) is 113 Å². The van der Waals surface area contributed by atoms with Gasteiger partial charge in [0.25, 0.3) is 5.56 Å². The number of nitrogens with zero attached hydrogens (tertiary/aromatic N) is 4.